The summed E-state index contributed by atoms with van der Waals surface area (Å²) in [7, 11) is 0. The lowest BCUT2D eigenvalue weighted by Gasteiger charge is -2.17. The lowest BCUT2D eigenvalue weighted by Crippen LogP contribution is -2.22. The van der Waals surface area contributed by atoms with Crippen molar-refractivity contribution in [1.82, 2.24) is 0 Å². The molecule has 0 aliphatic rings. The molecule has 1 nitrogen and oxygen atoms in total. The van der Waals surface area contributed by atoms with Crippen molar-refractivity contribution in [2.45, 2.75) is 6.61 Å². The molecule has 0 aliphatic heterocycles. The lowest BCUT2D eigenvalue weighted by atomic mass is 9.81. The zero-order valence-electron chi connectivity index (χ0n) is 8.13. The van der Waals surface area contributed by atoms with Crippen LogP contribution >= 0.6 is 0 Å². The van der Waals surface area contributed by atoms with Crippen LogP contribution in [0.2, 0.25) is 0 Å². The minimum Gasteiger partial charge on any atom is -0.445 e. The van der Waals surface area contributed by atoms with Crippen molar-refractivity contribution < 1.29 is 17.7 Å². The topological polar surface area (TPSA) is 9.23 Å². The molecule has 1 aromatic carbocycles. The van der Waals surface area contributed by atoms with Gasteiger partial charge in [0, 0.05) is 6.61 Å². The Balaban J connectivity index is 2.32. The lowest BCUT2D eigenvalue weighted by molar-refractivity contribution is 0.143. The number of rotatable bonds is 5. The van der Waals surface area contributed by atoms with Crippen molar-refractivity contribution in [2.24, 2.45) is 0 Å². The average molecular weight is 215 g/mol. The monoisotopic (exact) mass is 215 g/mol. The van der Waals surface area contributed by atoms with Crippen LogP contribution < -0.4 is 0 Å². The van der Waals surface area contributed by atoms with E-state index in [9.17, 15) is 12.9 Å². The zero-order valence-corrected chi connectivity index (χ0v) is 8.13. The number of hydrogen-bond acceptors (Lipinski definition) is 1. The molecule has 5 heteroatoms. The Morgan fingerprint density at radius 2 is 1.80 bits per heavy atom. The molecule has 0 aliphatic carbocycles. The summed E-state index contributed by atoms with van der Waals surface area (Å²) in [6.07, 6.45) is 0. The van der Waals surface area contributed by atoms with Crippen molar-refractivity contribution in [3.63, 3.8) is 0 Å². The van der Waals surface area contributed by atoms with E-state index in [4.69, 9.17) is 4.74 Å². The van der Waals surface area contributed by atoms with Gasteiger partial charge < -0.3 is 17.7 Å². The van der Waals surface area contributed by atoms with Crippen LogP contribution in [0, 0.1) is 0 Å². The Morgan fingerprint density at radius 1 is 1.20 bits per heavy atom. The molecule has 0 radical (unpaired) electrons. The molecule has 0 saturated carbocycles. The fraction of sp³-hybridized carbons (Fsp3) is 0.200. The minimum absolute atomic E-state index is 0.173. The second-order valence-corrected chi connectivity index (χ2v) is 3.21. The molecule has 0 N–H and O–H groups in total. The summed E-state index contributed by atoms with van der Waals surface area (Å²) in [5.41, 5.74) is 0.0471. The van der Waals surface area contributed by atoms with Gasteiger partial charge in [0.05, 0.1) is 6.61 Å². The number of benzene rings is 1. The van der Waals surface area contributed by atoms with E-state index in [0.29, 0.717) is 0 Å². The second kappa shape index (κ2) is 5.02. The molecule has 1 rings (SSSR count). The van der Waals surface area contributed by atoms with Crippen LogP contribution in [-0.2, 0) is 11.3 Å². The van der Waals surface area contributed by atoms with Gasteiger partial charge in [0.25, 0.3) is 0 Å². The standard InChI is InChI=1S/C10H11BF3O/c1-9(11(12,13)14)7-15-8-10-5-3-2-4-6-10/h2-6H,1,7-8H2/q-1. The van der Waals surface area contributed by atoms with Gasteiger partial charge in [0.15, 0.2) is 0 Å². The van der Waals surface area contributed by atoms with E-state index in [-0.39, 0.29) is 6.61 Å². The zero-order chi connectivity index (χ0) is 11.3. The Kier molecular flexibility index (Phi) is 3.97. The van der Waals surface area contributed by atoms with Gasteiger partial charge in [-0.2, -0.15) is 0 Å². The maximum Gasteiger partial charge on any atom is 0.507 e. The summed E-state index contributed by atoms with van der Waals surface area (Å²) in [5, 5.41) is 0. The van der Waals surface area contributed by atoms with Crippen LogP contribution in [0.3, 0.4) is 0 Å². The molecule has 82 valence electrons. The van der Waals surface area contributed by atoms with E-state index in [0.717, 1.165) is 5.56 Å². The van der Waals surface area contributed by atoms with E-state index in [1.165, 1.54) is 0 Å². The van der Waals surface area contributed by atoms with Gasteiger partial charge in [-0.15, -0.1) is 12.1 Å². The Bertz CT molecular complexity index is 321. The van der Waals surface area contributed by atoms with Crippen LogP contribution in [0.1, 0.15) is 5.56 Å². The summed E-state index contributed by atoms with van der Waals surface area (Å²) < 4.78 is 41.1. The largest absolute Gasteiger partial charge is 0.507 e. The van der Waals surface area contributed by atoms with E-state index in [2.05, 4.69) is 6.58 Å². The summed E-state index contributed by atoms with van der Waals surface area (Å²) in [6, 6.07) is 9.03. The Morgan fingerprint density at radius 3 is 2.33 bits per heavy atom. The summed E-state index contributed by atoms with van der Waals surface area (Å²) in [5.74, 6) is 0. The Labute approximate surface area is 86.6 Å². The molecule has 0 heterocycles. The molecule has 1 aromatic rings. The molecule has 0 atom stereocenters. The first-order chi connectivity index (χ1) is 7.00. The molecular weight excluding hydrogens is 204 g/mol. The molecule has 0 fully saturated rings. The van der Waals surface area contributed by atoms with Gasteiger partial charge in [-0.05, 0) is 5.56 Å². The van der Waals surface area contributed by atoms with Gasteiger partial charge in [0.2, 0.25) is 0 Å². The van der Waals surface area contributed by atoms with Gasteiger partial charge in [-0.1, -0.05) is 30.3 Å². The second-order valence-electron chi connectivity index (χ2n) is 3.21. The third kappa shape index (κ3) is 4.21. The third-order valence-electron chi connectivity index (χ3n) is 1.86. The smallest absolute Gasteiger partial charge is 0.445 e. The van der Waals surface area contributed by atoms with E-state index >= 15 is 0 Å². The molecule has 0 spiro atoms. The highest BCUT2D eigenvalue weighted by Crippen LogP contribution is 2.18. The molecule has 15 heavy (non-hydrogen) atoms. The predicted octanol–water partition coefficient (Wildman–Crippen LogP) is 3.15. The first-order valence-electron chi connectivity index (χ1n) is 4.49. The van der Waals surface area contributed by atoms with Crippen LogP contribution in [0.4, 0.5) is 12.9 Å². The van der Waals surface area contributed by atoms with Gasteiger partial charge in [0.1, 0.15) is 0 Å². The number of hydrogen-bond donors (Lipinski definition) is 0. The highest BCUT2D eigenvalue weighted by molar-refractivity contribution is 6.66. The maximum atomic E-state index is 12.1. The number of halogens is 3. The highest BCUT2D eigenvalue weighted by Gasteiger charge is 2.26. The van der Waals surface area contributed by atoms with Gasteiger partial charge in [-0.25, -0.2) is 0 Å². The summed E-state index contributed by atoms with van der Waals surface area (Å²) in [6.45, 7) is -2.33. The maximum absolute atomic E-state index is 12.1. The first kappa shape index (κ1) is 11.8. The van der Waals surface area contributed by atoms with Crippen molar-refractivity contribution in [3.8, 4) is 0 Å². The van der Waals surface area contributed by atoms with E-state index in [1.807, 2.05) is 6.07 Å². The molecule has 0 unspecified atom stereocenters. The van der Waals surface area contributed by atoms with Crippen LogP contribution in [0.15, 0.2) is 42.4 Å². The minimum atomic E-state index is -4.97. The predicted molar refractivity (Wildman–Crippen MR) is 54.3 cm³/mol. The molecule has 0 amide bonds. The van der Waals surface area contributed by atoms with E-state index < -0.39 is 19.1 Å². The molecule has 0 saturated heterocycles. The van der Waals surface area contributed by atoms with Crippen molar-refractivity contribution in [2.75, 3.05) is 6.61 Å². The van der Waals surface area contributed by atoms with Crippen LogP contribution in [0.25, 0.3) is 0 Å². The van der Waals surface area contributed by atoms with Crippen molar-refractivity contribution in [3.05, 3.63) is 47.9 Å². The number of ether oxygens (including phenoxy) is 1. The van der Waals surface area contributed by atoms with E-state index in [1.54, 1.807) is 24.3 Å². The van der Waals surface area contributed by atoms with Crippen LogP contribution in [0.5, 0.6) is 0 Å². The molecular formula is C10H11BF3O-. The van der Waals surface area contributed by atoms with Crippen molar-refractivity contribution in [1.29, 1.82) is 0 Å². The summed E-state index contributed by atoms with van der Waals surface area (Å²) in [4.78, 5) is 0. The van der Waals surface area contributed by atoms with Crippen LogP contribution in [-0.4, -0.2) is 13.6 Å². The van der Waals surface area contributed by atoms with Gasteiger partial charge in [-0.3, -0.25) is 0 Å². The summed E-state index contributed by atoms with van der Waals surface area (Å²) >= 11 is 0. The first-order valence-corrected chi connectivity index (χ1v) is 4.49. The molecule has 0 bridgehead atoms. The molecule has 0 aromatic heterocycles. The Hall–Kier alpha value is -1.23. The fourth-order valence-electron chi connectivity index (χ4n) is 0.969. The average Bonchev–Trinajstić information content (AvgIpc) is 2.18. The van der Waals surface area contributed by atoms with Crippen molar-refractivity contribution >= 4 is 6.98 Å². The fourth-order valence-corrected chi connectivity index (χ4v) is 0.969. The third-order valence-corrected chi connectivity index (χ3v) is 1.86. The quantitative estimate of drug-likeness (QED) is 0.685. The normalized spacial score (nSPS) is 11.4. The van der Waals surface area contributed by atoms with Gasteiger partial charge >= 0.3 is 6.98 Å². The SMILES string of the molecule is C=C(COCc1ccccc1)[B-](F)(F)F. The highest BCUT2D eigenvalue weighted by atomic mass is 19.4.